The van der Waals surface area contributed by atoms with Crippen molar-refractivity contribution in [2.45, 2.75) is 40.2 Å². The van der Waals surface area contributed by atoms with Crippen molar-refractivity contribution in [1.82, 2.24) is 14.8 Å². The molecule has 0 aliphatic carbocycles. The van der Waals surface area contributed by atoms with E-state index in [4.69, 9.17) is 4.74 Å². The standard InChI is InChI=1S/C22H29N3O2S/c1-15(2)12-20-23-16(3)21(28-20)22(26)25-9-7-24(8-10-25)14-17-4-5-19-18(13-17)6-11-27-19/h4-5,13,15H,6-12,14H2,1-3H3. The van der Waals surface area contributed by atoms with Crippen molar-refractivity contribution in [3.8, 4) is 5.75 Å². The molecule has 0 bridgehead atoms. The lowest BCUT2D eigenvalue weighted by Gasteiger charge is -2.34. The molecule has 150 valence electrons. The van der Waals surface area contributed by atoms with Gasteiger partial charge >= 0.3 is 0 Å². The third-order valence-electron chi connectivity index (χ3n) is 5.44. The summed E-state index contributed by atoms with van der Waals surface area (Å²) in [5, 5.41) is 1.08. The number of piperazine rings is 1. The van der Waals surface area contributed by atoms with Crippen molar-refractivity contribution in [1.29, 1.82) is 0 Å². The van der Waals surface area contributed by atoms with Gasteiger partial charge in [-0.15, -0.1) is 11.3 Å². The van der Waals surface area contributed by atoms with Crippen LogP contribution >= 0.6 is 11.3 Å². The molecule has 0 saturated carbocycles. The number of aryl methyl sites for hydroxylation is 1. The lowest BCUT2D eigenvalue weighted by Crippen LogP contribution is -2.48. The number of fused-ring (bicyclic) bond motifs is 1. The molecule has 0 unspecified atom stereocenters. The molecule has 1 fully saturated rings. The van der Waals surface area contributed by atoms with Crippen molar-refractivity contribution >= 4 is 17.2 Å². The molecule has 5 nitrogen and oxygen atoms in total. The molecule has 1 aromatic heterocycles. The predicted molar refractivity (Wildman–Crippen MR) is 112 cm³/mol. The first-order chi connectivity index (χ1) is 13.5. The highest BCUT2D eigenvalue weighted by atomic mass is 32.1. The molecule has 2 aromatic rings. The van der Waals surface area contributed by atoms with E-state index in [9.17, 15) is 4.79 Å². The van der Waals surface area contributed by atoms with Crippen LogP contribution in [-0.2, 0) is 19.4 Å². The van der Waals surface area contributed by atoms with Gasteiger partial charge in [-0.05, 0) is 30.0 Å². The lowest BCUT2D eigenvalue weighted by molar-refractivity contribution is 0.0632. The Balaban J connectivity index is 1.34. The zero-order valence-electron chi connectivity index (χ0n) is 17.0. The Morgan fingerprint density at radius 2 is 2.04 bits per heavy atom. The van der Waals surface area contributed by atoms with Crippen molar-refractivity contribution in [2.75, 3.05) is 32.8 Å². The summed E-state index contributed by atoms with van der Waals surface area (Å²) in [5.41, 5.74) is 3.54. The summed E-state index contributed by atoms with van der Waals surface area (Å²) in [6, 6.07) is 6.54. The highest BCUT2D eigenvalue weighted by Gasteiger charge is 2.25. The van der Waals surface area contributed by atoms with Gasteiger partial charge in [0.2, 0.25) is 0 Å². The van der Waals surface area contributed by atoms with Crippen LogP contribution in [-0.4, -0.2) is 53.5 Å². The molecule has 1 amide bonds. The first-order valence-electron chi connectivity index (χ1n) is 10.2. The summed E-state index contributed by atoms with van der Waals surface area (Å²) >= 11 is 1.58. The maximum atomic E-state index is 13.0. The zero-order chi connectivity index (χ0) is 19.7. The Morgan fingerprint density at radius 1 is 1.25 bits per heavy atom. The average Bonchev–Trinajstić information content (AvgIpc) is 3.27. The summed E-state index contributed by atoms with van der Waals surface area (Å²) in [5.74, 6) is 1.75. The van der Waals surface area contributed by atoms with Gasteiger partial charge in [0.25, 0.3) is 5.91 Å². The van der Waals surface area contributed by atoms with Gasteiger partial charge in [0.1, 0.15) is 10.6 Å². The van der Waals surface area contributed by atoms with E-state index in [1.54, 1.807) is 11.3 Å². The van der Waals surface area contributed by atoms with Gasteiger partial charge in [0, 0.05) is 45.6 Å². The number of benzene rings is 1. The number of hydrogen-bond acceptors (Lipinski definition) is 5. The summed E-state index contributed by atoms with van der Waals surface area (Å²) in [4.78, 5) is 22.8. The Hall–Kier alpha value is -1.92. The number of rotatable bonds is 5. The minimum absolute atomic E-state index is 0.152. The summed E-state index contributed by atoms with van der Waals surface area (Å²) in [7, 11) is 0. The SMILES string of the molecule is Cc1nc(CC(C)C)sc1C(=O)N1CCN(Cc2ccc3c(c2)CCO3)CC1. The van der Waals surface area contributed by atoms with Crippen molar-refractivity contribution in [3.05, 3.63) is 44.9 Å². The second-order valence-electron chi connectivity index (χ2n) is 8.23. The molecular formula is C22H29N3O2S. The number of ether oxygens (including phenoxy) is 1. The fourth-order valence-corrected chi connectivity index (χ4v) is 5.18. The third kappa shape index (κ3) is 4.23. The van der Waals surface area contributed by atoms with Crippen LogP contribution in [0.2, 0.25) is 0 Å². The second-order valence-corrected chi connectivity index (χ2v) is 9.31. The zero-order valence-corrected chi connectivity index (χ0v) is 17.8. The lowest BCUT2D eigenvalue weighted by atomic mass is 10.1. The molecule has 1 saturated heterocycles. The first-order valence-corrected chi connectivity index (χ1v) is 11.0. The van der Waals surface area contributed by atoms with Crippen LogP contribution in [0.5, 0.6) is 5.75 Å². The topological polar surface area (TPSA) is 45.7 Å². The van der Waals surface area contributed by atoms with Gasteiger partial charge in [0.15, 0.2) is 0 Å². The number of amides is 1. The number of carbonyl (C=O) groups excluding carboxylic acids is 1. The van der Waals surface area contributed by atoms with E-state index in [1.165, 1.54) is 11.1 Å². The predicted octanol–water partition coefficient (Wildman–Crippen LogP) is 3.54. The van der Waals surface area contributed by atoms with Crippen LogP contribution in [0.25, 0.3) is 0 Å². The van der Waals surface area contributed by atoms with Gasteiger partial charge in [0.05, 0.1) is 17.3 Å². The molecule has 0 N–H and O–H groups in total. The quantitative estimate of drug-likeness (QED) is 0.771. The van der Waals surface area contributed by atoms with E-state index in [-0.39, 0.29) is 5.91 Å². The second kappa shape index (κ2) is 8.21. The van der Waals surface area contributed by atoms with Crippen LogP contribution in [0.3, 0.4) is 0 Å². The summed E-state index contributed by atoms with van der Waals surface area (Å²) in [6.07, 6.45) is 1.96. The Labute approximate surface area is 171 Å². The van der Waals surface area contributed by atoms with Crippen molar-refractivity contribution < 1.29 is 9.53 Å². The van der Waals surface area contributed by atoms with Crippen LogP contribution in [0, 0.1) is 12.8 Å². The minimum atomic E-state index is 0.152. The molecule has 0 spiro atoms. The van der Waals surface area contributed by atoms with Gasteiger partial charge in [-0.1, -0.05) is 26.0 Å². The highest BCUT2D eigenvalue weighted by molar-refractivity contribution is 7.13. The van der Waals surface area contributed by atoms with E-state index in [2.05, 4.69) is 41.9 Å². The third-order valence-corrected chi connectivity index (χ3v) is 6.61. The normalized spacial score (nSPS) is 17.1. The van der Waals surface area contributed by atoms with Crippen LogP contribution < -0.4 is 4.74 Å². The molecule has 4 rings (SSSR count). The molecular weight excluding hydrogens is 370 g/mol. The molecule has 3 heterocycles. The molecule has 0 radical (unpaired) electrons. The number of nitrogens with zero attached hydrogens (tertiary/aromatic N) is 3. The average molecular weight is 400 g/mol. The first kappa shape index (κ1) is 19.4. The van der Waals surface area contributed by atoms with Gasteiger partial charge in [-0.3, -0.25) is 9.69 Å². The molecule has 2 aliphatic heterocycles. The van der Waals surface area contributed by atoms with E-state index >= 15 is 0 Å². The molecule has 2 aliphatic rings. The van der Waals surface area contributed by atoms with Crippen LogP contribution in [0.4, 0.5) is 0 Å². The van der Waals surface area contributed by atoms with Crippen LogP contribution in [0.1, 0.15) is 45.3 Å². The molecule has 6 heteroatoms. The van der Waals surface area contributed by atoms with E-state index in [0.717, 1.165) is 73.5 Å². The maximum Gasteiger partial charge on any atom is 0.265 e. The van der Waals surface area contributed by atoms with Gasteiger partial charge < -0.3 is 9.64 Å². The van der Waals surface area contributed by atoms with Gasteiger partial charge in [-0.25, -0.2) is 4.98 Å². The highest BCUT2D eigenvalue weighted by Crippen LogP contribution is 2.27. The number of aromatic nitrogens is 1. The maximum absolute atomic E-state index is 13.0. The fourth-order valence-electron chi connectivity index (χ4n) is 3.94. The molecule has 28 heavy (non-hydrogen) atoms. The minimum Gasteiger partial charge on any atom is -0.493 e. The molecule has 1 aromatic carbocycles. The van der Waals surface area contributed by atoms with E-state index in [0.29, 0.717) is 5.92 Å². The number of hydrogen-bond donors (Lipinski definition) is 0. The Kier molecular flexibility index (Phi) is 5.69. The Morgan fingerprint density at radius 3 is 2.79 bits per heavy atom. The van der Waals surface area contributed by atoms with Crippen molar-refractivity contribution in [3.63, 3.8) is 0 Å². The summed E-state index contributed by atoms with van der Waals surface area (Å²) in [6.45, 7) is 11.5. The molecule has 0 atom stereocenters. The number of thiazole rings is 1. The van der Waals surface area contributed by atoms with Gasteiger partial charge in [-0.2, -0.15) is 0 Å². The number of carbonyl (C=O) groups is 1. The Bertz CT molecular complexity index is 853. The fraction of sp³-hybridized carbons (Fsp3) is 0.545. The van der Waals surface area contributed by atoms with E-state index in [1.807, 2.05) is 11.8 Å². The van der Waals surface area contributed by atoms with E-state index < -0.39 is 0 Å². The smallest absolute Gasteiger partial charge is 0.265 e. The van der Waals surface area contributed by atoms with Crippen molar-refractivity contribution in [2.24, 2.45) is 5.92 Å². The van der Waals surface area contributed by atoms with Crippen LogP contribution in [0.15, 0.2) is 18.2 Å². The summed E-state index contributed by atoms with van der Waals surface area (Å²) < 4.78 is 5.60. The monoisotopic (exact) mass is 399 g/mol. The largest absolute Gasteiger partial charge is 0.493 e.